The zero-order valence-electron chi connectivity index (χ0n) is 5.31. The molecule has 9 heavy (non-hydrogen) atoms. The van der Waals surface area contributed by atoms with Crippen molar-refractivity contribution in [1.29, 1.82) is 0 Å². The molecule has 1 aromatic rings. The van der Waals surface area contributed by atoms with Gasteiger partial charge >= 0.3 is 0 Å². The van der Waals surface area contributed by atoms with Crippen LogP contribution in [-0.4, -0.2) is 0 Å². The molecule has 0 aliphatic rings. The van der Waals surface area contributed by atoms with Crippen molar-refractivity contribution >= 4 is 11.4 Å². The standard InChI is InChI=1S/C7H9N2/c1-5-2-3-6(8)7(9)4-5/h2,4H,8-9H2,1H3. The Bertz CT molecular complexity index is 218. The van der Waals surface area contributed by atoms with E-state index in [9.17, 15) is 0 Å². The largest absolute Gasteiger partial charge is 0.397 e. The fourth-order valence-electron chi connectivity index (χ4n) is 0.640. The minimum Gasteiger partial charge on any atom is -0.397 e. The van der Waals surface area contributed by atoms with Gasteiger partial charge in [-0.3, -0.25) is 0 Å². The lowest BCUT2D eigenvalue weighted by molar-refractivity contribution is 1.47. The van der Waals surface area contributed by atoms with Gasteiger partial charge in [0.1, 0.15) is 0 Å². The fraction of sp³-hybridized carbons (Fsp3) is 0.143. The second-order valence-electron chi connectivity index (χ2n) is 2.05. The highest BCUT2D eigenvalue weighted by atomic mass is 14.7. The van der Waals surface area contributed by atoms with E-state index in [0.29, 0.717) is 11.4 Å². The van der Waals surface area contributed by atoms with Gasteiger partial charge in [0.15, 0.2) is 0 Å². The predicted molar refractivity (Wildman–Crippen MR) is 38.8 cm³/mol. The van der Waals surface area contributed by atoms with Gasteiger partial charge in [0.25, 0.3) is 0 Å². The van der Waals surface area contributed by atoms with Crippen LogP contribution in [0.2, 0.25) is 0 Å². The molecule has 0 spiro atoms. The first kappa shape index (κ1) is 5.95. The maximum absolute atomic E-state index is 5.46. The first-order valence-electron chi connectivity index (χ1n) is 2.73. The molecule has 0 saturated heterocycles. The Kier molecular flexibility index (Phi) is 1.30. The number of rotatable bonds is 0. The summed E-state index contributed by atoms with van der Waals surface area (Å²) in [5.74, 6) is 0. The minimum absolute atomic E-state index is 0.528. The molecule has 0 unspecified atom stereocenters. The molecule has 0 saturated carbocycles. The molecule has 4 N–H and O–H groups in total. The van der Waals surface area contributed by atoms with Crippen LogP contribution in [0.25, 0.3) is 0 Å². The molecule has 0 atom stereocenters. The van der Waals surface area contributed by atoms with Gasteiger partial charge in [-0.25, -0.2) is 0 Å². The third-order valence-corrected chi connectivity index (χ3v) is 1.15. The molecule has 1 aromatic carbocycles. The number of benzene rings is 1. The Morgan fingerprint density at radius 3 is 2.56 bits per heavy atom. The summed E-state index contributed by atoms with van der Waals surface area (Å²) in [7, 11) is 0. The first-order valence-corrected chi connectivity index (χ1v) is 2.73. The van der Waals surface area contributed by atoms with E-state index >= 15 is 0 Å². The quantitative estimate of drug-likeness (QED) is 0.502. The second kappa shape index (κ2) is 1.97. The summed E-state index contributed by atoms with van der Waals surface area (Å²) < 4.78 is 0. The van der Waals surface area contributed by atoms with Crippen molar-refractivity contribution in [2.24, 2.45) is 0 Å². The van der Waals surface area contributed by atoms with E-state index < -0.39 is 0 Å². The van der Waals surface area contributed by atoms with E-state index in [2.05, 4.69) is 6.07 Å². The molecule has 0 aliphatic carbocycles. The normalized spacial score (nSPS) is 9.44. The molecule has 0 amide bonds. The molecule has 2 heteroatoms. The van der Waals surface area contributed by atoms with E-state index in [1.165, 1.54) is 0 Å². The van der Waals surface area contributed by atoms with Crippen LogP contribution in [0.5, 0.6) is 0 Å². The molecular formula is C7H9N2. The number of hydrogen-bond donors (Lipinski definition) is 2. The van der Waals surface area contributed by atoms with Crippen LogP contribution < -0.4 is 11.5 Å². The average molecular weight is 121 g/mol. The SMILES string of the molecule is Cc1c[c]c(N)c(N)c1. The maximum Gasteiger partial charge on any atom is 0.0628 e. The zero-order chi connectivity index (χ0) is 6.85. The topological polar surface area (TPSA) is 52.0 Å². The minimum atomic E-state index is 0.528. The summed E-state index contributed by atoms with van der Waals surface area (Å²) in [6.45, 7) is 1.95. The Morgan fingerprint density at radius 2 is 2.11 bits per heavy atom. The van der Waals surface area contributed by atoms with Crippen molar-refractivity contribution in [3.8, 4) is 0 Å². The van der Waals surface area contributed by atoms with Crippen molar-refractivity contribution in [1.82, 2.24) is 0 Å². The maximum atomic E-state index is 5.46. The van der Waals surface area contributed by atoms with Gasteiger partial charge in [-0.05, 0) is 24.6 Å². The van der Waals surface area contributed by atoms with Gasteiger partial charge in [0.2, 0.25) is 0 Å². The van der Waals surface area contributed by atoms with Crippen molar-refractivity contribution in [2.45, 2.75) is 6.92 Å². The molecular weight excluding hydrogens is 112 g/mol. The Hall–Kier alpha value is -1.18. The summed E-state index contributed by atoms with van der Waals surface area (Å²) >= 11 is 0. The van der Waals surface area contributed by atoms with Crippen molar-refractivity contribution in [3.05, 3.63) is 23.8 Å². The Balaban J connectivity index is 3.17. The predicted octanol–water partition coefficient (Wildman–Crippen LogP) is 0.960. The van der Waals surface area contributed by atoms with Gasteiger partial charge in [-0.2, -0.15) is 0 Å². The Morgan fingerprint density at radius 1 is 1.44 bits per heavy atom. The summed E-state index contributed by atoms with van der Waals surface area (Å²) in [6.07, 6.45) is 0. The lowest BCUT2D eigenvalue weighted by atomic mass is 10.2. The van der Waals surface area contributed by atoms with Crippen LogP contribution >= 0.6 is 0 Å². The summed E-state index contributed by atoms with van der Waals surface area (Å²) in [6, 6.07) is 6.46. The lowest BCUT2D eigenvalue weighted by Gasteiger charge is -1.97. The summed E-state index contributed by atoms with van der Waals surface area (Å²) in [4.78, 5) is 0. The highest BCUT2D eigenvalue weighted by Gasteiger charge is 1.91. The van der Waals surface area contributed by atoms with Gasteiger partial charge in [-0.15, -0.1) is 0 Å². The van der Waals surface area contributed by atoms with Crippen LogP contribution in [-0.2, 0) is 0 Å². The number of anilines is 2. The van der Waals surface area contributed by atoms with Gasteiger partial charge in [-0.1, -0.05) is 0 Å². The third kappa shape index (κ3) is 1.13. The van der Waals surface area contributed by atoms with Gasteiger partial charge in [0, 0.05) is 6.07 Å². The van der Waals surface area contributed by atoms with Crippen molar-refractivity contribution in [2.75, 3.05) is 11.5 Å². The van der Waals surface area contributed by atoms with E-state index in [0.717, 1.165) is 5.56 Å². The molecule has 0 aliphatic heterocycles. The van der Waals surface area contributed by atoms with Crippen LogP contribution in [0.1, 0.15) is 5.56 Å². The fourth-order valence-corrected chi connectivity index (χ4v) is 0.640. The molecule has 47 valence electrons. The molecule has 2 nitrogen and oxygen atoms in total. The molecule has 1 radical (unpaired) electrons. The van der Waals surface area contributed by atoms with Crippen molar-refractivity contribution < 1.29 is 0 Å². The van der Waals surface area contributed by atoms with E-state index in [4.69, 9.17) is 11.5 Å². The second-order valence-corrected chi connectivity index (χ2v) is 2.05. The van der Waals surface area contributed by atoms with Crippen LogP contribution in [0.4, 0.5) is 11.4 Å². The number of hydrogen-bond acceptors (Lipinski definition) is 2. The van der Waals surface area contributed by atoms with Crippen LogP contribution in [0, 0.1) is 13.0 Å². The first-order chi connectivity index (χ1) is 4.20. The van der Waals surface area contributed by atoms with E-state index in [1.54, 1.807) is 0 Å². The summed E-state index contributed by atoms with van der Waals surface area (Å²) in [5.41, 5.74) is 13.1. The molecule has 0 heterocycles. The average Bonchev–Trinajstić information content (AvgIpc) is 1.80. The van der Waals surface area contributed by atoms with Crippen molar-refractivity contribution in [3.63, 3.8) is 0 Å². The molecule has 1 rings (SSSR count). The third-order valence-electron chi connectivity index (χ3n) is 1.15. The lowest BCUT2D eigenvalue weighted by Crippen LogP contribution is -1.94. The monoisotopic (exact) mass is 121 g/mol. The van der Waals surface area contributed by atoms with Crippen LogP contribution in [0.3, 0.4) is 0 Å². The van der Waals surface area contributed by atoms with E-state index in [-0.39, 0.29) is 0 Å². The highest BCUT2D eigenvalue weighted by Crippen LogP contribution is 2.13. The smallest absolute Gasteiger partial charge is 0.0628 e. The highest BCUT2D eigenvalue weighted by molar-refractivity contribution is 5.62. The Labute approximate surface area is 54.5 Å². The number of aryl methyl sites for hydroxylation is 1. The van der Waals surface area contributed by atoms with Gasteiger partial charge < -0.3 is 11.5 Å². The number of nitrogen functional groups attached to an aromatic ring is 2. The van der Waals surface area contributed by atoms with Crippen LogP contribution in [0.15, 0.2) is 12.1 Å². The zero-order valence-corrected chi connectivity index (χ0v) is 5.31. The number of nitrogens with two attached hydrogens (primary N) is 2. The molecule has 0 fully saturated rings. The van der Waals surface area contributed by atoms with Gasteiger partial charge in [0.05, 0.1) is 11.4 Å². The van der Waals surface area contributed by atoms with E-state index in [1.807, 2.05) is 19.1 Å². The molecule has 0 bridgehead atoms. The summed E-state index contributed by atoms with van der Waals surface area (Å²) in [5, 5.41) is 0. The molecule has 0 aromatic heterocycles.